The van der Waals surface area contributed by atoms with E-state index < -0.39 is 0 Å². The molecule has 1 amide bonds. The van der Waals surface area contributed by atoms with Crippen LogP contribution in [0.25, 0.3) is 0 Å². The summed E-state index contributed by atoms with van der Waals surface area (Å²) in [5.41, 5.74) is 3.31. The topological polar surface area (TPSA) is 45.5 Å². The Morgan fingerprint density at radius 3 is 2.73 bits per heavy atom. The normalized spacial score (nSPS) is 20.7. The molecule has 2 heterocycles. The second-order valence-corrected chi connectivity index (χ2v) is 7.73. The highest BCUT2D eigenvalue weighted by Crippen LogP contribution is 2.33. The molecule has 1 unspecified atom stereocenters. The number of benzene rings is 1. The van der Waals surface area contributed by atoms with Crippen molar-refractivity contribution in [3.8, 4) is 0 Å². The van der Waals surface area contributed by atoms with Gasteiger partial charge < -0.3 is 14.6 Å². The highest BCUT2D eigenvalue weighted by atomic mass is 16.3. The Bertz CT molecular complexity index is 759. The highest BCUT2D eigenvalue weighted by Gasteiger charge is 2.28. The van der Waals surface area contributed by atoms with Crippen LogP contribution in [-0.4, -0.2) is 18.0 Å². The monoisotopic (exact) mass is 352 g/mol. The largest absolute Gasteiger partial charge is 0.467 e. The molecule has 0 bridgehead atoms. The molecule has 1 aromatic heterocycles. The predicted molar refractivity (Wildman–Crippen MR) is 103 cm³/mol. The summed E-state index contributed by atoms with van der Waals surface area (Å²) in [7, 11) is 0. The number of fused-ring (bicyclic) bond motifs is 1. The van der Waals surface area contributed by atoms with Gasteiger partial charge in [-0.15, -0.1) is 0 Å². The van der Waals surface area contributed by atoms with Crippen molar-refractivity contribution in [2.75, 3.05) is 4.90 Å². The van der Waals surface area contributed by atoms with Crippen LogP contribution < -0.4 is 10.2 Å². The molecule has 138 valence electrons. The average molecular weight is 352 g/mol. The fraction of sp³-hybridized carbons (Fsp3) is 0.500. The Balaban J connectivity index is 1.48. The van der Waals surface area contributed by atoms with Gasteiger partial charge in [0.05, 0.1) is 18.4 Å². The van der Waals surface area contributed by atoms with Crippen molar-refractivity contribution in [2.45, 2.75) is 70.5 Å². The number of hydrogen-bond acceptors (Lipinski definition) is 3. The maximum atomic E-state index is 12.8. The van der Waals surface area contributed by atoms with E-state index in [1.165, 1.54) is 36.9 Å². The van der Waals surface area contributed by atoms with Gasteiger partial charge in [-0.25, -0.2) is 0 Å². The van der Waals surface area contributed by atoms with E-state index >= 15 is 0 Å². The number of nitrogens with one attached hydrogen (secondary N) is 1. The summed E-state index contributed by atoms with van der Waals surface area (Å²) in [5.74, 6) is 0.778. The lowest BCUT2D eigenvalue weighted by Gasteiger charge is -2.24. The second kappa shape index (κ2) is 7.56. The van der Waals surface area contributed by atoms with Crippen LogP contribution in [0.1, 0.15) is 67.1 Å². The molecule has 4 nitrogen and oxygen atoms in total. The van der Waals surface area contributed by atoms with Gasteiger partial charge in [0.2, 0.25) is 0 Å². The van der Waals surface area contributed by atoms with Crippen LogP contribution in [0.5, 0.6) is 0 Å². The quantitative estimate of drug-likeness (QED) is 0.813. The second-order valence-electron chi connectivity index (χ2n) is 7.73. The molecule has 4 rings (SSSR count). The Morgan fingerprint density at radius 2 is 1.92 bits per heavy atom. The SMILES string of the molecule is CC1Cc2ccccc2N1Cc1occc1C(=O)NC1CCCCCC1. The third-order valence-electron chi connectivity index (χ3n) is 5.84. The number of nitrogens with zero attached hydrogens (tertiary/aromatic N) is 1. The first-order valence-electron chi connectivity index (χ1n) is 9.94. The number of furan rings is 1. The van der Waals surface area contributed by atoms with E-state index in [1.807, 2.05) is 6.07 Å². The summed E-state index contributed by atoms with van der Waals surface area (Å²) in [5, 5.41) is 3.24. The van der Waals surface area contributed by atoms with Crippen molar-refractivity contribution in [1.29, 1.82) is 0 Å². The molecule has 1 aliphatic carbocycles. The van der Waals surface area contributed by atoms with E-state index in [0.29, 0.717) is 24.2 Å². The van der Waals surface area contributed by atoms with Crippen molar-refractivity contribution < 1.29 is 9.21 Å². The third-order valence-corrected chi connectivity index (χ3v) is 5.84. The Labute approximate surface area is 155 Å². The van der Waals surface area contributed by atoms with Gasteiger partial charge in [-0.05, 0) is 43.9 Å². The zero-order valence-corrected chi connectivity index (χ0v) is 15.5. The van der Waals surface area contributed by atoms with E-state index in [4.69, 9.17) is 4.42 Å². The summed E-state index contributed by atoms with van der Waals surface area (Å²) in [4.78, 5) is 15.2. The first-order chi connectivity index (χ1) is 12.7. The summed E-state index contributed by atoms with van der Waals surface area (Å²) in [6, 6.07) is 11.0. The molecule has 2 aromatic rings. The smallest absolute Gasteiger partial charge is 0.255 e. The molecule has 4 heteroatoms. The van der Waals surface area contributed by atoms with Crippen molar-refractivity contribution in [3.63, 3.8) is 0 Å². The molecule has 0 radical (unpaired) electrons. The Hall–Kier alpha value is -2.23. The van der Waals surface area contributed by atoms with Gasteiger partial charge >= 0.3 is 0 Å². The molecular formula is C22H28N2O2. The highest BCUT2D eigenvalue weighted by molar-refractivity contribution is 5.95. The summed E-state index contributed by atoms with van der Waals surface area (Å²) in [6.45, 7) is 2.87. The zero-order chi connectivity index (χ0) is 17.9. The van der Waals surface area contributed by atoms with E-state index in [1.54, 1.807) is 6.26 Å². The predicted octanol–water partition coefficient (Wildman–Crippen LogP) is 4.68. The molecule has 0 saturated heterocycles. The van der Waals surface area contributed by atoms with Crippen molar-refractivity contribution >= 4 is 11.6 Å². The van der Waals surface area contributed by atoms with Crippen LogP contribution in [-0.2, 0) is 13.0 Å². The fourth-order valence-electron chi connectivity index (χ4n) is 4.38. The molecule has 0 spiro atoms. The van der Waals surface area contributed by atoms with Crippen LogP contribution in [0.15, 0.2) is 41.0 Å². The molecule has 1 aliphatic heterocycles. The summed E-state index contributed by atoms with van der Waals surface area (Å²) >= 11 is 0. The van der Waals surface area contributed by atoms with E-state index in [-0.39, 0.29) is 5.91 Å². The first kappa shape index (κ1) is 17.2. The van der Waals surface area contributed by atoms with Gasteiger partial charge in [-0.3, -0.25) is 4.79 Å². The number of carbonyl (C=O) groups is 1. The zero-order valence-electron chi connectivity index (χ0n) is 15.5. The van der Waals surface area contributed by atoms with Gasteiger partial charge in [0, 0.05) is 17.8 Å². The molecule has 1 saturated carbocycles. The molecular weight excluding hydrogens is 324 g/mol. The first-order valence-corrected chi connectivity index (χ1v) is 9.94. The van der Waals surface area contributed by atoms with E-state index in [9.17, 15) is 4.79 Å². The lowest BCUT2D eigenvalue weighted by molar-refractivity contribution is 0.0931. The van der Waals surface area contributed by atoms with Crippen LogP contribution in [0.2, 0.25) is 0 Å². The number of hydrogen-bond donors (Lipinski definition) is 1. The standard InChI is InChI=1S/C22H28N2O2/c1-16-14-17-8-6-7-11-20(17)24(16)15-21-19(12-13-26-21)22(25)23-18-9-4-2-3-5-10-18/h6-8,11-13,16,18H,2-5,9-10,14-15H2,1H3,(H,23,25). The molecule has 1 atom stereocenters. The van der Waals surface area contributed by atoms with Crippen molar-refractivity contribution in [3.05, 3.63) is 53.5 Å². The number of carbonyl (C=O) groups excluding carboxylic acids is 1. The van der Waals surface area contributed by atoms with Gasteiger partial charge in [0.15, 0.2) is 0 Å². The van der Waals surface area contributed by atoms with Crippen LogP contribution >= 0.6 is 0 Å². The minimum atomic E-state index is 0.0146. The maximum Gasteiger partial charge on any atom is 0.255 e. The molecule has 2 aliphatic rings. The summed E-state index contributed by atoms with van der Waals surface area (Å²) < 4.78 is 5.72. The van der Waals surface area contributed by atoms with Gasteiger partial charge in [-0.2, -0.15) is 0 Å². The Kier molecular flexibility index (Phi) is 5.00. The molecule has 1 aromatic carbocycles. The van der Waals surface area contributed by atoms with Gasteiger partial charge in [0.25, 0.3) is 5.91 Å². The maximum absolute atomic E-state index is 12.8. The third kappa shape index (κ3) is 3.50. The number of rotatable bonds is 4. The average Bonchev–Trinajstić information content (AvgIpc) is 3.13. The van der Waals surface area contributed by atoms with Crippen LogP contribution in [0, 0.1) is 0 Å². The molecule has 1 N–H and O–H groups in total. The van der Waals surface area contributed by atoms with Crippen molar-refractivity contribution in [2.24, 2.45) is 0 Å². The van der Waals surface area contributed by atoms with Crippen LogP contribution in [0.4, 0.5) is 5.69 Å². The molecule has 26 heavy (non-hydrogen) atoms. The van der Waals surface area contributed by atoms with Gasteiger partial charge in [0.1, 0.15) is 5.76 Å². The number of amides is 1. The minimum absolute atomic E-state index is 0.0146. The lowest BCUT2D eigenvalue weighted by atomic mass is 10.1. The fourth-order valence-corrected chi connectivity index (χ4v) is 4.38. The Morgan fingerprint density at radius 1 is 1.15 bits per heavy atom. The minimum Gasteiger partial charge on any atom is -0.467 e. The summed E-state index contributed by atoms with van der Waals surface area (Å²) in [6.07, 6.45) is 9.87. The van der Waals surface area contributed by atoms with Crippen molar-refractivity contribution in [1.82, 2.24) is 5.32 Å². The molecule has 1 fully saturated rings. The number of para-hydroxylation sites is 1. The van der Waals surface area contributed by atoms with Gasteiger partial charge in [-0.1, -0.05) is 43.9 Å². The lowest BCUT2D eigenvalue weighted by Crippen LogP contribution is -2.35. The number of anilines is 1. The van der Waals surface area contributed by atoms with E-state index in [0.717, 1.165) is 25.0 Å². The van der Waals surface area contributed by atoms with Crippen LogP contribution in [0.3, 0.4) is 0 Å². The van der Waals surface area contributed by atoms with E-state index in [2.05, 4.69) is 41.4 Å².